The van der Waals surface area contributed by atoms with E-state index in [2.05, 4.69) is 6.58 Å². The molecule has 0 saturated heterocycles. The highest BCUT2D eigenvalue weighted by Gasteiger charge is 2.41. The van der Waals surface area contributed by atoms with Gasteiger partial charge in [0, 0.05) is 30.9 Å². The van der Waals surface area contributed by atoms with Crippen LogP contribution in [0.4, 0.5) is 0 Å². The van der Waals surface area contributed by atoms with Crippen molar-refractivity contribution in [2.24, 2.45) is 0 Å². The Hall–Kier alpha value is -2.76. The zero-order chi connectivity index (χ0) is 18.4. The van der Waals surface area contributed by atoms with Gasteiger partial charge < -0.3 is 14.2 Å². The van der Waals surface area contributed by atoms with Crippen LogP contribution in [0.2, 0.25) is 0 Å². The van der Waals surface area contributed by atoms with Gasteiger partial charge in [0.15, 0.2) is 0 Å². The first-order valence-electron chi connectivity index (χ1n) is 7.63. The standard InChI is InChI=1S/C20H20O5/c1-14(2)19(22)25-17-12-10-15(11-13-17)18(21)20(23-3,24-4)16-8-6-5-7-9-16/h5-13H,1H2,2-4H3. The summed E-state index contributed by atoms with van der Waals surface area (Å²) in [4.78, 5) is 24.5. The van der Waals surface area contributed by atoms with Crippen molar-refractivity contribution in [3.63, 3.8) is 0 Å². The van der Waals surface area contributed by atoms with E-state index in [9.17, 15) is 9.59 Å². The summed E-state index contributed by atoms with van der Waals surface area (Å²) in [6, 6.07) is 15.1. The maximum Gasteiger partial charge on any atom is 0.338 e. The van der Waals surface area contributed by atoms with Crippen molar-refractivity contribution in [3.8, 4) is 5.75 Å². The molecular formula is C20H20O5. The summed E-state index contributed by atoms with van der Waals surface area (Å²) in [5.74, 6) is -2.10. The lowest BCUT2D eigenvalue weighted by molar-refractivity contribution is -0.176. The molecule has 5 nitrogen and oxygen atoms in total. The van der Waals surface area contributed by atoms with E-state index in [0.29, 0.717) is 22.4 Å². The molecule has 130 valence electrons. The number of Topliss-reactive ketones (excluding diaryl/α,β-unsaturated/α-hetero) is 1. The van der Waals surface area contributed by atoms with E-state index >= 15 is 0 Å². The van der Waals surface area contributed by atoms with E-state index in [0.717, 1.165) is 0 Å². The van der Waals surface area contributed by atoms with Crippen LogP contribution >= 0.6 is 0 Å². The van der Waals surface area contributed by atoms with Crippen LogP contribution in [0.3, 0.4) is 0 Å². The largest absolute Gasteiger partial charge is 0.423 e. The molecule has 0 amide bonds. The topological polar surface area (TPSA) is 61.8 Å². The molecule has 0 radical (unpaired) electrons. The number of hydrogen-bond donors (Lipinski definition) is 0. The molecule has 0 N–H and O–H groups in total. The zero-order valence-corrected chi connectivity index (χ0v) is 14.4. The van der Waals surface area contributed by atoms with Crippen molar-refractivity contribution in [3.05, 3.63) is 77.9 Å². The Bertz CT molecular complexity index is 758. The molecule has 2 aromatic carbocycles. The SMILES string of the molecule is C=C(C)C(=O)Oc1ccc(C(=O)C(OC)(OC)c2ccccc2)cc1. The van der Waals surface area contributed by atoms with E-state index in [4.69, 9.17) is 14.2 Å². The number of carbonyl (C=O) groups is 2. The number of methoxy groups -OCH3 is 2. The first-order valence-corrected chi connectivity index (χ1v) is 7.63. The van der Waals surface area contributed by atoms with Crippen LogP contribution in [0.5, 0.6) is 5.75 Å². The van der Waals surface area contributed by atoms with E-state index in [-0.39, 0.29) is 5.78 Å². The van der Waals surface area contributed by atoms with Crippen molar-refractivity contribution in [1.29, 1.82) is 0 Å². The van der Waals surface area contributed by atoms with Crippen molar-refractivity contribution in [1.82, 2.24) is 0 Å². The molecule has 0 aromatic heterocycles. The van der Waals surface area contributed by atoms with Crippen molar-refractivity contribution in [2.75, 3.05) is 14.2 Å². The second kappa shape index (κ2) is 7.88. The van der Waals surface area contributed by atoms with Gasteiger partial charge >= 0.3 is 5.97 Å². The predicted molar refractivity (Wildman–Crippen MR) is 93.4 cm³/mol. The average Bonchev–Trinajstić information content (AvgIpc) is 2.64. The number of ketones is 1. The van der Waals surface area contributed by atoms with Gasteiger partial charge in [0.2, 0.25) is 5.78 Å². The summed E-state index contributed by atoms with van der Waals surface area (Å²) < 4.78 is 16.0. The number of benzene rings is 2. The summed E-state index contributed by atoms with van der Waals surface area (Å²) in [6.07, 6.45) is 0. The van der Waals surface area contributed by atoms with Gasteiger partial charge in [-0.25, -0.2) is 4.79 Å². The van der Waals surface area contributed by atoms with Gasteiger partial charge in [-0.2, -0.15) is 0 Å². The Morgan fingerprint density at radius 2 is 1.48 bits per heavy atom. The Morgan fingerprint density at radius 1 is 0.920 bits per heavy atom. The lowest BCUT2D eigenvalue weighted by Crippen LogP contribution is -2.39. The van der Waals surface area contributed by atoms with Gasteiger partial charge in [-0.15, -0.1) is 0 Å². The van der Waals surface area contributed by atoms with Crippen LogP contribution in [0.15, 0.2) is 66.7 Å². The molecule has 25 heavy (non-hydrogen) atoms. The molecule has 0 bridgehead atoms. The molecule has 2 rings (SSSR count). The van der Waals surface area contributed by atoms with Crippen LogP contribution in [-0.2, 0) is 20.1 Å². The van der Waals surface area contributed by atoms with Gasteiger partial charge in [0.25, 0.3) is 5.79 Å². The van der Waals surface area contributed by atoms with E-state index in [1.807, 2.05) is 6.07 Å². The number of esters is 1. The molecule has 2 aromatic rings. The second-order valence-corrected chi connectivity index (χ2v) is 5.41. The van der Waals surface area contributed by atoms with Crippen LogP contribution in [0.25, 0.3) is 0 Å². The van der Waals surface area contributed by atoms with Crippen LogP contribution in [-0.4, -0.2) is 26.0 Å². The molecule has 0 aliphatic heterocycles. The minimum Gasteiger partial charge on any atom is -0.423 e. The maximum atomic E-state index is 13.0. The number of hydrogen-bond acceptors (Lipinski definition) is 5. The third kappa shape index (κ3) is 3.84. The normalized spacial score (nSPS) is 11.0. The van der Waals surface area contributed by atoms with Crippen molar-refractivity contribution in [2.45, 2.75) is 12.7 Å². The fourth-order valence-electron chi connectivity index (χ4n) is 2.35. The molecule has 0 fully saturated rings. The maximum absolute atomic E-state index is 13.0. The fraction of sp³-hybridized carbons (Fsp3) is 0.200. The third-order valence-electron chi connectivity index (χ3n) is 3.70. The molecular weight excluding hydrogens is 320 g/mol. The minimum absolute atomic E-state index is 0.294. The van der Waals surface area contributed by atoms with Gasteiger partial charge in [0.05, 0.1) is 0 Å². The minimum atomic E-state index is -1.54. The Kier molecular flexibility index (Phi) is 5.85. The molecule has 0 aliphatic rings. The first-order chi connectivity index (χ1) is 11.9. The smallest absolute Gasteiger partial charge is 0.338 e. The summed E-state index contributed by atoms with van der Waals surface area (Å²) in [5.41, 5.74) is 1.24. The monoisotopic (exact) mass is 340 g/mol. The average molecular weight is 340 g/mol. The number of rotatable bonds is 7. The first kappa shape index (κ1) is 18.6. The van der Waals surface area contributed by atoms with Gasteiger partial charge in [-0.1, -0.05) is 36.9 Å². The van der Waals surface area contributed by atoms with Gasteiger partial charge in [0.1, 0.15) is 5.75 Å². The third-order valence-corrected chi connectivity index (χ3v) is 3.70. The highest BCUT2D eigenvalue weighted by atomic mass is 16.7. The van der Waals surface area contributed by atoms with Crippen LogP contribution in [0.1, 0.15) is 22.8 Å². The highest BCUT2D eigenvalue weighted by Crippen LogP contribution is 2.31. The van der Waals surface area contributed by atoms with Crippen molar-refractivity contribution >= 4 is 11.8 Å². The molecule has 0 heterocycles. The highest BCUT2D eigenvalue weighted by molar-refractivity contribution is 6.02. The molecule has 0 aliphatic carbocycles. The second-order valence-electron chi connectivity index (χ2n) is 5.41. The summed E-state index contributed by atoms with van der Waals surface area (Å²) in [7, 11) is 2.83. The molecule has 0 saturated carbocycles. The lowest BCUT2D eigenvalue weighted by Gasteiger charge is -2.29. The molecule has 0 spiro atoms. The molecule has 0 unspecified atom stereocenters. The number of ether oxygens (including phenoxy) is 3. The van der Waals surface area contributed by atoms with Crippen molar-refractivity contribution < 1.29 is 23.8 Å². The quantitative estimate of drug-likeness (QED) is 0.254. The van der Waals surface area contributed by atoms with Crippen LogP contribution < -0.4 is 4.74 Å². The summed E-state index contributed by atoms with van der Waals surface area (Å²) in [6.45, 7) is 5.08. The Balaban J connectivity index is 2.31. The summed E-state index contributed by atoms with van der Waals surface area (Å²) >= 11 is 0. The predicted octanol–water partition coefficient (Wildman–Crippen LogP) is 3.50. The molecule has 0 atom stereocenters. The van der Waals surface area contributed by atoms with E-state index in [1.165, 1.54) is 26.4 Å². The summed E-state index contributed by atoms with van der Waals surface area (Å²) in [5, 5.41) is 0. The molecule has 5 heteroatoms. The lowest BCUT2D eigenvalue weighted by atomic mass is 9.96. The Morgan fingerprint density at radius 3 is 1.96 bits per heavy atom. The zero-order valence-electron chi connectivity index (χ0n) is 14.4. The number of carbonyl (C=O) groups excluding carboxylic acids is 2. The van der Waals surface area contributed by atoms with E-state index in [1.54, 1.807) is 43.3 Å². The van der Waals surface area contributed by atoms with Gasteiger partial charge in [-0.05, 0) is 31.2 Å². The van der Waals surface area contributed by atoms with E-state index < -0.39 is 11.8 Å². The van der Waals surface area contributed by atoms with Gasteiger partial charge in [-0.3, -0.25) is 4.79 Å². The Labute approximate surface area is 146 Å². The fourth-order valence-corrected chi connectivity index (χ4v) is 2.35. The van der Waals surface area contributed by atoms with Crippen LogP contribution in [0, 0.1) is 0 Å².